The molecule has 0 aromatic heterocycles. The average molecular weight is 412 g/mol. The second-order valence-electron chi connectivity index (χ2n) is 5.92. The molecule has 0 bridgehead atoms. The molecule has 0 fully saturated rings. The molecule has 0 saturated heterocycles. The first-order chi connectivity index (χ1) is 12.6. The highest BCUT2D eigenvalue weighted by Gasteiger charge is 2.20. The van der Waals surface area contributed by atoms with Crippen LogP contribution in [-0.4, -0.2) is 19.0 Å². The van der Waals surface area contributed by atoms with Crippen molar-refractivity contribution >= 4 is 38.6 Å². The third-order valence-corrected chi connectivity index (χ3v) is 4.72. The molecular formula is C21H18BrNO3. The lowest BCUT2D eigenvalue weighted by molar-refractivity contribution is -0.141. The summed E-state index contributed by atoms with van der Waals surface area (Å²) in [7, 11) is 1.34. The zero-order chi connectivity index (χ0) is 18.5. The van der Waals surface area contributed by atoms with Gasteiger partial charge in [-0.3, -0.25) is 9.59 Å². The monoisotopic (exact) mass is 411 g/mol. The van der Waals surface area contributed by atoms with Crippen LogP contribution in [-0.2, 0) is 9.53 Å². The average Bonchev–Trinajstić information content (AvgIpc) is 2.67. The van der Waals surface area contributed by atoms with Crippen molar-refractivity contribution in [3.8, 4) is 0 Å². The minimum atomic E-state index is -0.463. The zero-order valence-corrected chi connectivity index (χ0v) is 15.8. The third kappa shape index (κ3) is 4.29. The molecule has 0 spiro atoms. The summed E-state index contributed by atoms with van der Waals surface area (Å²) in [5, 5.41) is 5.01. The van der Waals surface area contributed by atoms with Crippen molar-refractivity contribution in [1.29, 1.82) is 0 Å². The maximum absolute atomic E-state index is 12.7. The van der Waals surface area contributed by atoms with Gasteiger partial charge in [-0.2, -0.15) is 0 Å². The lowest BCUT2D eigenvalue weighted by Gasteiger charge is -2.18. The summed E-state index contributed by atoms with van der Waals surface area (Å²) in [5.74, 6) is -0.607. The van der Waals surface area contributed by atoms with Crippen LogP contribution in [0, 0.1) is 0 Å². The molecule has 3 aromatic rings. The molecule has 1 unspecified atom stereocenters. The van der Waals surface area contributed by atoms with E-state index in [1.165, 1.54) is 7.11 Å². The van der Waals surface area contributed by atoms with Crippen LogP contribution < -0.4 is 5.32 Å². The lowest BCUT2D eigenvalue weighted by atomic mass is 10.0. The predicted octanol–water partition coefficient (Wildman–Crippen LogP) is 4.64. The summed E-state index contributed by atoms with van der Waals surface area (Å²) in [5.41, 5.74) is 1.39. The molecular weight excluding hydrogens is 394 g/mol. The molecule has 1 atom stereocenters. The molecule has 0 radical (unpaired) electrons. The molecule has 5 heteroatoms. The van der Waals surface area contributed by atoms with Crippen molar-refractivity contribution in [3.05, 3.63) is 82.3 Å². The first-order valence-electron chi connectivity index (χ1n) is 8.19. The van der Waals surface area contributed by atoms with Gasteiger partial charge in [-0.1, -0.05) is 58.4 Å². The number of ether oxygens (including phenoxy) is 1. The topological polar surface area (TPSA) is 55.4 Å². The molecule has 4 nitrogen and oxygen atoms in total. The number of fused-ring (bicyclic) bond motifs is 1. The highest BCUT2D eigenvalue weighted by atomic mass is 79.9. The van der Waals surface area contributed by atoms with Gasteiger partial charge in [-0.15, -0.1) is 0 Å². The number of hydrogen-bond donors (Lipinski definition) is 1. The van der Waals surface area contributed by atoms with Crippen LogP contribution in [0.4, 0.5) is 0 Å². The summed E-state index contributed by atoms with van der Waals surface area (Å²) < 4.78 is 5.70. The predicted molar refractivity (Wildman–Crippen MR) is 105 cm³/mol. The molecule has 0 saturated carbocycles. The van der Waals surface area contributed by atoms with Crippen molar-refractivity contribution in [2.24, 2.45) is 0 Å². The second-order valence-corrected chi connectivity index (χ2v) is 6.84. The zero-order valence-electron chi connectivity index (χ0n) is 14.2. The van der Waals surface area contributed by atoms with E-state index < -0.39 is 6.04 Å². The fourth-order valence-electron chi connectivity index (χ4n) is 2.77. The Balaban J connectivity index is 1.85. The van der Waals surface area contributed by atoms with E-state index in [2.05, 4.69) is 21.2 Å². The van der Waals surface area contributed by atoms with Crippen molar-refractivity contribution in [1.82, 2.24) is 5.32 Å². The van der Waals surface area contributed by atoms with Gasteiger partial charge in [-0.05, 0) is 40.6 Å². The SMILES string of the molecule is COC(=O)CC(NC(=O)c1ccc2ccccc2c1)c1ccc(Br)cc1. The third-order valence-electron chi connectivity index (χ3n) is 4.19. The van der Waals surface area contributed by atoms with Crippen LogP contribution in [0.3, 0.4) is 0 Å². The van der Waals surface area contributed by atoms with Crippen LogP contribution in [0.1, 0.15) is 28.4 Å². The number of halogens is 1. The van der Waals surface area contributed by atoms with Crippen molar-refractivity contribution in [2.75, 3.05) is 7.11 Å². The van der Waals surface area contributed by atoms with Gasteiger partial charge >= 0.3 is 5.97 Å². The van der Waals surface area contributed by atoms with E-state index in [-0.39, 0.29) is 18.3 Å². The Hall–Kier alpha value is -2.66. The normalized spacial score (nSPS) is 11.8. The maximum Gasteiger partial charge on any atom is 0.307 e. The molecule has 0 aliphatic rings. The number of esters is 1. The molecule has 1 N–H and O–H groups in total. The van der Waals surface area contributed by atoms with Gasteiger partial charge in [0.2, 0.25) is 0 Å². The largest absolute Gasteiger partial charge is 0.469 e. The smallest absolute Gasteiger partial charge is 0.307 e. The molecule has 132 valence electrons. The standard InChI is InChI=1S/C21H18BrNO3/c1-26-20(24)13-19(15-8-10-18(22)11-9-15)23-21(25)17-7-6-14-4-2-3-5-16(14)12-17/h2-12,19H,13H2,1H3,(H,23,25). The number of nitrogens with one attached hydrogen (secondary N) is 1. The van der Waals surface area contributed by atoms with Crippen molar-refractivity contribution in [3.63, 3.8) is 0 Å². The van der Waals surface area contributed by atoms with Crippen molar-refractivity contribution < 1.29 is 14.3 Å². The maximum atomic E-state index is 12.7. The van der Waals surface area contributed by atoms with E-state index >= 15 is 0 Å². The lowest BCUT2D eigenvalue weighted by Crippen LogP contribution is -2.30. The van der Waals surface area contributed by atoms with E-state index in [1.54, 1.807) is 6.07 Å². The first-order valence-corrected chi connectivity index (χ1v) is 8.98. The van der Waals surface area contributed by atoms with Gasteiger partial charge in [0.1, 0.15) is 0 Å². The van der Waals surface area contributed by atoms with Crippen LogP contribution in [0.2, 0.25) is 0 Å². The highest BCUT2D eigenvalue weighted by Crippen LogP contribution is 2.22. The van der Waals surface area contributed by atoms with E-state index in [9.17, 15) is 9.59 Å². The van der Waals surface area contributed by atoms with Crippen LogP contribution in [0.5, 0.6) is 0 Å². The van der Waals surface area contributed by atoms with Crippen LogP contribution in [0.15, 0.2) is 71.2 Å². The Morgan fingerprint density at radius 1 is 1.00 bits per heavy atom. The Kier molecular flexibility index (Phi) is 5.68. The summed E-state index contributed by atoms with van der Waals surface area (Å²) in [6.45, 7) is 0. The van der Waals surface area contributed by atoms with E-state index in [4.69, 9.17) is 4.74 Å². The Labute approximate surface area is 160 Å². The summed E-state index contributed by atoms with van der Waals surface area (Å²) in [4.78, 5) is 24.5. The summed E-state index contributed by atoms with van der Waals surface area (Å²) in [6.07, 6.45) is 0.0669. The number of rotatable bonds is 5. The molecule has 26 heavy (non-hydrogen) atoms. The highest BCUT2D eigenvalue weighted by molar-refractivity contribution is 9.10. The summed E-state index contributed by atoms with van der Waals surface area (Å²) >= 11 is 3.39. The minimum Gasteiger partial charge on any atom is -0.469 e. The van der Waals surface area contributed by atoms with E-state index in [1.807, 2.05) is 60.7 Å². The molecule has 0 heterocycles. The number of hydrogen-bond acceptors (Lipinski definition) is 3. The second kappa shape index (κ2) is 8.15. The van der Waals surface area contributed by atoms with Gasteiger partial charge in [0, 0.05) is 10.0 Å². The molecule has 0 aliphatic heterocycles. The van der Waals surface area contributed by atoms with Gasteiger partial charge < -0.3 is 10.1 Å². The van der Waals surface area contributed by atoms with Crippen molar-refractivity contribution in [2.45, 2.75) is 12.5 Å². The molecule has 3 aromatic carbocycles. The fourth-order valence-corrected chi connectivity index (χ4v) is 3.03. The van der Waals surface area contributed by atoms with Gasteiger partial charge in [0.15, 0.2) is 0 Å². The quantitative estimate of drug-likeness (QED) is 0.622. The van der Waals surface area contributed by atoms with Gasteiger partial charge in [-0.25, -0.2) is 0 Å². The summed E-state index contributed by atoms with van der Waals surface area (Å²) in [6, 6.07) is 20.4. The first kappa shape index (κ1) is 18.1. The van der Waals surface area contributed by atoms with Gasteiger partial charge in [0.05, 0.1) is 19.6 Å². The fraction of sp³-hybridized carbons (Fsp3) is 0.143. The van der Waals surface area contributed by atoms with E-state index in [0.29, 0.717) is 5.56 Å². The Morgan fingerprint density at radius 3 is 2.38 bits per heavy atom. The molecule has 1 amide bonds. The number of benzene rings is 3. The van der Waals surface area contributed by atoms with Gasteiger partial charge in [0.25, 0.3) is 5.91 Å². The van der Waals surface area contributed by atoms with Crippen LogP contribution >= 0.6 is 15.9 Å². The molecule has 0 aliphatic carbocycles. The molecule has 3 rings (SSSR count). The number of methoxy groups -OCH3 is 1. The number of carbonyl (C=O) groups excluding carboxylic acids is 2. The van der Waals surface area contributed by atoms with E-state index in [0.717, 1.165) is 20.8 Å². The Morgan fingerprint density at radius 2 is 1.69 bits per heavy atom. The van der Waals surface area contributed by atoms with Crippen LogP contribution in [0.25, 0.3) is 10.8 Å². The Bertz CT molecular complexity index is 937. The number of amides is 1. The minimum absolute atomic E-state index is 0.0669. The number of carbonyl (C=O) groups is 2.